The molecule has 132 valence electrons. The van der Waals surface area contributed by atoms with Gasteiger partial charge in [0.15, 0.2) is 6.61 Å². The summed E-state index contributed by atoms with van der Waals surface area (Å²) in [4.78, 5) is 14.5. The summed E-state index contributed by atoms with van der Waals surface area (Å²) in [5.74, 6) is 0.567. The Balaban J connectivity index is 1.46. The van der Waals surface area contributed by atoms with Crippen LogP contribution in [0.4, 0.5) is 5.69 Å². The van der Waals surface area contributed by atoms with E-state index in [1.807, 2.05) is 43.3 Å². The predicted octanol–water partition coefficient (Wildman–Crippen LogP) is 4.00. The number of amides is 1. The van der Waals surface area contributed by atoms with Crippen LogP contribution in [0.5, 0.6) is 5.75 Å². The van der Waals surface area contributed by atoms with Crippen molar-refractivity contribution >= 4 is 11.6 Å². The Morgan fingerprint density at radius 3 is 2.56 bits per heavy atom. The summed E-state index contributed by atoms with van der Waals surface area (Å²) in [6.45, 7) is 5.38. The fraction of sp³-hybridized carbons (Fsp3) is 0.381. The second-order valence-corrected chi connectivity index (χ2v) is 6.69. The Kier molecular flexibility index (Phi) is 6.07. The smallest absolute Gasteiger partial charge is 0.262 e. The number of rotatable bonds is 6. The number of carbonyl (C=O) groups is 1. The van der Waals surface area contributed by atoms with E-state index < -0.39 is 0 Å². The molecule has 4 nitrogen and oxygen atoms in total. The van der Waals surface area contributed by atoms with Gasteiger partial charge in [0.05, 0.1) is 0 Å². The van der Waals surface area contributed by atoms with Crippen LogP contribution in [0.2, 0.25) is 0 Å². The lowest BCUT2D eigenvalue weighted by Crippen LogP contribution is -2.29. The number of ether oxygens (including phenoxy) is 1. The van der Waals surface area contributed by atoms with Crippen molar-refractivity contribution in [2.24, 2.45) is 0 Å². The highest BCUT2D eigenvalue weighted by molar-refractivity contribution is 5.91. The van der Waals surface area contributed by atoms with Gasteiger partial charge < -0.3 is 10.1 Å². The van der Waals surface area contributed by atoms with Crippen LogP contribution in [0.15, 0.2) is 48.5 Å². The Morgan fingerprint density at radius 1 is 1.08 bits per heavy atom. The average molecular weight is 338 g/mol. The zero-order valence-electron chi connectivity index (χ0n) is 14.8. The van der Waals surface area contributed by atoms with Crippen molar-refractivity contribution in [1.82, 2.24) is 4.90 Å². The standard InChI is InChI=1S/C21H26N2O2/c1-17-6-5-7-20(14-17)25-16-21(24)22-19-10-8-18(9-11-19)15-23-12-3-2-4-13-23/h5-11,14H,2-4,12-13,15-16H2,1H3,(H,22,24). The number of benzene rings is 2. The van der Waals surface area contributed by atoms with Crippen molar-refractivity contribution in [3.8, 4) is 5.75 Å². The number of hydrogen-bond acceptors (Lipinski definition) is 3. The number of hydrogen-bond donors (Lipinski definition) is 1. The summed E-state index contributed by atoms with van der Waals surface area (Å²) in [6, 6.07) is 15.8. The molecule has 1 saturated heterocycles. The summed E-state index contributed by atoms with van der Waals surface area (Å²) in [7, 11) is 0. The minimum atomic E-state index is -0.148. The molecule has 25 heavy (non-hydrogen) atoms. The lowest BCUT2D eigenvalue weighted by atomic mass is 10.1. The molecule has 0 unspecified atom stereocenters. The molecule has 0 saturated carbocycles. The first-order chi connectivity index (χ1) is 12.2. The molecule has 0 bridgehead atoms. The molecule has 0 aliphatic carbocycles. The molecule has 1 aliphatic rings. The summed E-state index contributed by atoms with van der Waals surface area (Å²) < 4.78 is 5.53. The third-order valence-corrected chi connectivity index (χ3v) is 4.45. The van der Waals surface area contributed by atoms with Gasteiger partial charge in [0.1, 0.15) is 5.75 Å². The molecule has 0 spiro atoms. The maximum Gasteiger partial charge on any atom is 0.262 e. The molecular formula is C21H26N2O2. The lowest BCUT2D eigenvalue weighted by Gasteiger charge is -2.26. The van der Waals surface area contributed by atoms with Gasteiger partial charge in [0.2, 0.25) is 0 Å². The molecule has 2 aromatic rings. The number of aryl methyl sites for hydroxylation is 1. The fourth-order valence-electron chi connectivity index (χ4n) is 3.12. The predicted molar refractivity (Wildman–Crippen MR) is 101 cm³/mol. The molecular weight excluding hydrogens is 312 g/mol. The van der Waals surface area contributed by atoms with Crippen LogP contribution in [0.1, 0.15) is 30.4 Å². The van der Waals surface area contributed by atoms with Crippen LogP contribution >= 0.6 is 0 Å². The minimum Gasteiger partial charge on any atom is -0.484 e. The van der Waals surface area contributed by atoms with Crippen LogP contribution in [0.3, 0.4) is 0 Å². The van der Waals surface area contributed by atoms with Crippen molar-refractivity contribution in [3.63, 3.8) is 0 Å². The number of nitrogens with one attached hydrogen (secondary N) is 1. The van der Waals surface area contributed by atoms with E-state index in [2.05, 4.69) is 22.3 Å². The number of nitrogens with zero attached hydrogens (tertiary/aromatic N) is 1. The zero-order valence-corrected chi connectivity index (χ0v) is 14.8. The molecule has 0 atom stereocenters. The van der Waals surface area contributed by atoms with Gasteiger partial charge in [-0.2, -0.15) is 0 Å². The summed E-state index contributed by atoms with van der Waals surface area (Å²) in [6.07, 6.45) is 3.95. The van der Waals surface area contributed by atoms with Crippen LogP contribution in [-0.2, 0) is 11.3 Å². The Hall–Kier alpha value is -2.33. The Labute approximate surface area is 149 Å². The van der Waals surface area contributed by atoms with E-state index in [4.69, 9.17) is 4.74 Å². The van der Waals surface area contributed by atoms with Gasteiger partial charge in [0.25, 0.3) is 5.91 Å². The van der Waals surface area contributed by atoms with Gasteiger partial charge in [-0.05, 0) is 68.2 Å². The maximum atomic E-state index is 12.0. The van der Waals surface area contributed by atoms with Crippen molar-refractivity contribution in [2.45, 2.75) is 32.7 Å². The Morgan fingerprint density at radius 2 is 1.84 bits per heavy atom. The van der Waals surface area contributed by atoms with E-state index in [0.29, 0.717) is 5.75 Å². The SMILES string of the molecule is Cc1cccc(OCC(=O)Nc2ccc(CN3CCCCC3)cc2)c1. The van der Waals surface area contributed by atoms with Crippen molar-refractivity contribution < 1.29 is 9.53 Å². The first-order valence-electron chi connectivity index (χ1n) is 9.00. The highest BCUT2D eigenvalue weighted by atomic mass is 16.5. The number of anilines is 1. The van der Waals surface area contributed by atoms with Crippen LogP contribution in [0.25, 0.3) is 0 Å². The monoisotopic (exact) mass is 338 g/mol. The van der Waals surface area contributed by atoms with Crippen molar-refractivity contribution in [2.75, 3.05) is 25.0 Å². The number of likely N-dealkylation sites (tertiary alicyclic amines) is 1. The van der Waals surface area contributed by atoms with E-state index in [1.54, 1.807) is 0 Å². The number of piperidine rings is 1. The highest BCUT2D eigenvalue weighted by Crippen LogP contribution is 2.16. The van der Waals surface area contributed by atoms with E-state index in [1.165, 1.54) is 37.9 Å². The summed E-state index contributed by atoms with van der Waals surface area (Å²) in [5.41, 5.74) is 3.21. The van der Waals surface area contributed by atoms with Gasteiger partial charge >= 0.3 is 0 Å². The third kappa shape index (κ3) is 5.61. The van der Waals surface area contributed by atoms with E-state index in [9.17, 15) is 4.79 Å². The molecule has 0 aromatic heterocycles. The van der Waals surface area contributed by atoms with E-state index >= 15 is 0 Å². The fourth-order valence-corrected chi connectivity index (χ4v) is 3.12. The molecule has 2 aromatic carbocycles. The molecule has 1 amide bonds. The lowest BCUT2D eigenvalue weighted by molar-refractivity contribution is -0.118. The van der Waals surface area contributed by atoms with Gasteiger partial charge in [-0.1, -0.05) is 30.7 Å². The number of carbonyl (C=O) groups excluding carboxylic acids is 1. The van der Waals surface area contributed by atoms with Gasteiger partial charge in [-0.3, -0.25) is 9.69 Å². The summed E-state index contributed by atoms with van der Waals surface area (Å²) in [5, 5.41) is 2.88. The first kappa shape index (κ1) is 17.5. The molecule has 3 rings (SSSR count). The molecule has 0 radical (unpaired) electrons. The molecule has 1 heterocycles. The van der Waals surface area contributed by atoms with E-state index in [-0.39, 0.29) is 12.5 Å². The van der Waals surface area contributed by atoms with Crippen LogP contribution in [0, 0.1) is 6.92 Å². The quantitative estimate of drug-likeness (QED) is 0.865. The molecule has 1 fully saturated rings. The largest absolute Gasteiger partial charge is 0.484 e. The van der Waals surface area contributed by atoms with Crippen molar-refractivity contribution in [3.05, 3.63) is 59.7 Å². The van der Waals surface area contributed by atoms with Crippen molar-refractivity contribution in [1.29, 1.82) is 0 Å². The Bertz CT molecular complexity index is 691. The van der Waals surface area contributed by atoms with Gasteiger partial charge in [0, 0.05) is 12.2 Å². The second kappa shape index (κ2) is 8.67. The second-order valence-electron chi connectivity index (χ2n) is 6.69. The van der Waals surface area contributed by atoms with E-state index in [0.717, 1.165) is 17.8 Å². The normalized spacial score (nSPS) is 14.9. The maximum absolute atomic E-state index is 12.0. The van der Waals surface area contributed by atoms with Crippen LogP contribution < -0.4 is 10.1 Å². The minimum absolute atomic E-state index is 0.0129. The van der Waals surface area contributed by atoms with Crippen LogP contribution in [-0.4, -0.2) is 30.5 Å². The highest BCUT2D eigenvalue weighted by Gasteiger charge is 2.10. The third-order valence-electron chi connectivity index (χ3n) is 4.45. The first-order valence-corrected chi connectivity index (χ1v) is 9.00. The summed E-state index contributed by atoms with van der Waals surface area (Å²) >= 11 is 0. The zero-order chi connectivity index (χ0) is 17.5. The topological polar surface area (TPSA) is 41.6 Å². The molecule has 4 heteroatoms. The van der Waals surface area contributed by atoms with Gasteiger partial charge in [-0.25, -0.2) is 0 Å². The molecule has 1 aliphatic heterocycles. The average Bonchev–Trinajstić information content (AvgIpc) is 2.63. The molecule has 1 N–H and O–H groups in total. The van der Waals surface area contributed by atoms with Gasteiger partial charge in [-0.15, -0.1) is 0 Å².